The van der Waals surface area contributed by atoms with Crippen molar-refractivity contribution in [2.24, 2.45) is 0 Å². The standard InChI is InChI=1S/C15H24N2O3S/c1-11-6-7-13(10-12(11)2)21(19,20)16-9-8-14(18)17-15(3,4)5/h6-7,10,16H,8-9H2,1-5H3,(H,17,18). The molecule has 0 bridgehead atoms. The van der Waals surface area contributed by atoms with Crippen molar-refractivity contribution in [3.63, 3.8) is 0 Å². The Morgan fingerprint density at radius 3 is 2.29 bits per heavy atom. The molecule has 0 unspecified atom stereocenters. The van der Waals surface area contributed by atoms with E-state index in [0.29, 0.717) is 0 Å². The summed E-state index contributed by atoms with van der Waals surface area (Å²) in [6.45, 7) is 9.51. The van der Waals surface area contributed by atoms with Gasteiger partial charge in [-0.3, -0.25) is 4.79 Å². The Balaban J connectivity index is 2.61. The second-order valence-corrected chi connectivity index (χ2v) is 7.96. The lowest BCUT2D eigenvalue weighted by atomic mass is 10.1. The van der Waals surface area contributed by atoms with E-state index in [2.05, 4.69) is 10.0 Å². The lowest BCUT2D eigenvalue weighted by molar-refractivity contribution is -0.122. The van der Waals surface area contributed by atoms with Crippen molar-refractivity contribution >= 4 is 15.9 Å². The first-order chi connectivity index (χ1) is 9.51. The molecular weight excluding hydrogens is 288 g/mol. The van der Waals surface area contributed by atoms with Crippen LogP contribution in [0.25, 0.3) is 0 Å². The van der Waals surface area contributed by atoms with Crippen LogP contribution in [0, 0.1) is 13.8 Å². The number of hydrogen-bond acceptors (Lipinski definition) is 3. The Morgan fingerprint density at radius 2 is 1.76 bits per heavy atom. The largest absolute Gasteiger partial charge is 0.351 e. The van der Waals surface area contributed by atoms with Crippen LogP contribution in [0.2, 0.25) is 0 Å². The van der Waals surface area contributed by atoms with Crippen LogP contribution in [0.5, 0.6) is 0 Å². The molecule has 0 aliphatic rings. The molecule has 0 saturated heterocycles. The Bertz CT molecular complexity index is 616. The van der Waals surface area contributed by atoms with E-state index in [0.717, 1.165) is 11.1 Å². The van der Waals surface area contributed by atoms with Crippen molar-refractivity contribution in [3.05, 3.63) is 29.3 Å². The number of amides is 1. The fraction of sp³-hybridized carbons (Fsp3) is 0.533. The molecule has 0 saturated carbocycles. The molecule has 0 aromatic heterocycles. The number of carbonyl (C=O) groups excluding carboxylic acids is 1. The molecule has 1 amide bonds. The number of aryl methyl sites for hydroxylation is 2. The third-order valence-electron chi connectivity index (χ3n) is 2.95. The monoisotopic (exact) mass is 312 g/mol. The van der Waals surface area contributed by atoms with Gasteiger partial charge in [-0.1, -0.05) is 6.07 Å². The Labute approximate surface area is 127 Å². The van der Waals surface area contributed by atoms with Crippen LogP contribution in [0.4, 0.5) is 0 Å². The van der Waals surface area contributed by atoms with Crippen molar-refractivity contribution < 1.29 is 13.2 Å². The van der Waals surface area contributed by atoms with Gasteiger partial charge in [0.2, 0.25) is 15.9 Å². The minimum Gasteiger partial charge on any atom is -0.351 e. The van der Waals surface area contributed by atoms with E-state index in [1.165, 1.54) is 0 Å². The average molecular weight is 312 g/mol. The van der Waals surface area contributed by atoms with Gasteiger partial charge in [-0.05, 0) is 57.9 Å². The summed E-state index contributed by atoms with van der Waals surface area (Å²) in [6, 6.07) is 4.98. The SMILES string of the molecule is Cc1ccc(S(=O)(=O)NCCC(=O)NC(C)(C)C)cc1C. The first-order valence-corrected chi connectivity index (χ1v) is 8.37. The Kier molecular flexibility index (Phi) is 5.53. The zero-order valence-electron chi connectivity index (χ0n) is 13.3. The van der Waals surface area contributed by atoms with Crippen LogP contribution in [-0.4, -0.2) is 26.4 Å². The van der Waals surface area contributed by atoms with Gasteiger partial charge in [0.05, 0.1) is 4.90 Å². The zero-order chi connectivity index (χ0) is 16.3. The third kappa shape index (κ3) is 5.85. The van der Waals surface area contributed by atoms with E-state index in [4.69, 9.17) is 0 Å². The van der Waals surface area contributed by atoms with Crippen LogP contribution >= 0.6 is 0 Å². The van der Waals surface area contributed by atoms with Gasteiger partial charge in [0.25, 0.3) is 0 Å². The first-order valence-electron chi connectivity index (χ1n) is 6.89. The summed E-state index contributed by atoms with van der Waals surface area (Å²) < 4.78 is 26.7. The maximum Gasteiger partial charge on any atom is 0.240 e. The first kappa shape index (κ1) is 17.7. The maximum absolute atomic E-state index is 12.1. The predicted octanol–water partition coefficient (Wildman–Crippen LogP) is 1.89. The van der Waals surface area contributed by atoms with Crippen molar-refractivity contribution in [1.29, 1.82) is 0 Å². The summed E-state index contributed by atoms with van der Waals surface area (Å²) in [6.07, 6.45) is 0.112. The molecule has 1 aromatic rings. The van der Waals surface area contributed by atoms with E-state index < -0.39 is 10.0 Å². The second-order valence-electron chi connectivity index (χ2n) is 6.19. The fourth-order valence-corrected chi connectivity index (χ4v) is 2.86. The van der Waals surface area contributed by atoms with Crippen LogP contribution < -0.4 is 10.0 Å². The van der Waals surface area contributed by atoms with Gasteiger partial charge in [0.15, 0.2) is 0 Å². The Hall–Kier alpha value is -1.40. The van der Waals surface area contributed by atoms with Gasteiger partial charge in [0, 0.05) is 18.5 Å². The van der Waals surface area contributed by atoms with Crippen LogP contribution in [0.15, 0.2) is 23.1 Å². The molecule has 1 rings (SSSR count). The predicted molar refractivity (Wildman–Crippen MR) is 83.6 cm³/mol. The Morgan fingerprint density at radius 1 is 1.14 bits per heavy atom. The van der Waals surface area contributed by atoms with Gasteiger partial charge in [0.1, 0.15) is 0 Å². The van der Waals surface area contributed by atoms with E-state index in [-0.39, 0.29) is 29.3 Å². The molecule has 2 N–H and O–H groups in total. The molecule has 0 radical (unpaired) electrons. The summed E-state index contributed by atoms with van der Waals surface area (Å²) >= 11 is 0. The van der Waals surface area contributed by atoms with Crippen molar-refractivity contribution in [1.82, 2.24) is 10.0 Å². The average Bonchev–Trinajstić information content (AvgIpc) is 2.29. The van der Waals surface area contributed by atoms with Crippen LogP contribution in [0.3, 0.4) is 0 Å². The number of nitrogens with one attached hydrogen (secondary N) is 2. The number of benzene rings is 1. The number of rotatable bonds is 5. The summed E-state index contributed by atoms with van der Waals surface area (Å²) in [5, 5.41) is 2.79. The highest BCUT2D eigenvalue weighted by atomic mass is 32.2. The van der Waals surface area contributed by atoms with Gasteiger partial charge in [-0.2, -0.15) is 0 Å². The smallest absolute Gasteiger partial charge is 0.240 e. The van der Waals surface area contributed by atoms with Crippen molar-refractivity contribution in [2.75, 3.05) is 6.54 Å². The molecule has 0 aliphatic carbocycles. The van der Waals surface area contributed by atoms with Crippen LogP contribution in [-0.2, 0) is 14.8 Å². The third-order valence-corrected chi connectivity index (χ3v) is 4.41. The van der Waals surface area contributed by atoms with E-state index >= 15 is 0 Å². The highest BCUT2D eigenvalue weighted by Gasteiger charge is 2.17. The van der Waals surface area contributed by atoms with E-state index in [1.807, 2.05) is 34.6 Å². The zero-order valence-corrected chi connectivity index (χ0v) is 14.1. The molecule has 0 atom stereocenters. The molecule has 118 valence electrons. The number of hydrogen-bond donors (Lipinski definition) is 2. The lowest BCUT2D eigenvalue weighted by Crippen LogP contribution is -2.41. The molecule has 0 aliphatic heterocycles. The molecular formula is C15H24N2O3S. The number of carbonyl (C=O) groups is 1. The fourth-order valence-electron chi connectivity index (χ4n) is 1.74. The summed E-state index contributed by atoms with van der Waals surface area (Å²) in [7, 11) is -3.57. The lowest BCUT2D eigenvalue weighted by Gasteiger charge is -2.20. The molecule has 0 fully saturated rings. The molecule has 0 heterocycles. The van der Waals surface area contributed by atoms with E-state index in [9.17, 15) is 13.2 Å². The van der Waals surface area contributed by atoms with Crippen molar-refractivity contribution in [2.45, 2.75) is 51.5 Å². The molecule has 0 spiro atoms. The summed E-state index contributed by atoms with van der Waals surface area (Å²) in [4.78, 5) is 11.9. The minimum absolute atomic E-state index is 0.0805. The van der Waals surface area contributed by atoms with E-state index in [1.54, 1.807) is 18.2 Å². The molecule has 1 aromatic carbocycles. The normalized spacial score (nSPS) is 12.2. The maximum atomic E-state index is 12.1. The number of sulfonamides is 1. The topological polar surface area (TPSA) is 75.3 Å². The summed E-state index contributed by atoms with van der Waals surface area (Å²) in [5.41, 5.74) is 1.64. The van der Waals surface area contributed by atoms with Crippen molar-refractivity contribution in [3.8, 4) is 0 Å². The molecule has 6 heteroatoms. The quantitative estimate of drug-likeness (QED) is 0.872. The van der Waals surface area contributed by atoms with Crippen LogP contribution in [0.1, 0.15) is 38.3 Å². The molecule has 5 nitrogen and oxygen atoms in total. The van der Waals surface area contributed by atoms with Gasteiger partial charge in [-0.25, -0.2) is 13.1 Å². The highest BCUT2D eigenvalue weighted by molar-refractivity contribution is 7.89. The van der Waals surface area contributed by atoms with Gasteiger partial charge >= 0.3 is 0 Å². The highest BCUT2D eigenvalue weighted by Crippen LogP contribution is 2.14. The minimum atomic E-state index is -3.57. The van der Waals surface area contributed by atoms with Gasteiger partial charge < -0.3 is 5.32 Å². The molecule has 21 heavy (non-hydrogen) atoms. The second kappa shape index (κ2) is 6.58. The van der Waals surface area contributed by atoms with Gasteiger partial charge in [-0.15, -0.1) is 0 Å². The summed E-state index contributed by atoms with van der Waals surface area (Å²) in [5.74, 6) is -0.176.